The van der Waals surface area contributed by atoms with Crippen LogP contribution in [0.3, 0.4) is 0 Å². The van der Waals surface area contributed by atoms with Gasteiger partial charge in [0.1, 0.15) is 11.6 Å². The smallest absolute Gasteiger partial charge is 0.423 e. The van der Waals surface area contributed by atoms with Crippen molar-refractivity contribution >= 4 is 62.9 Å². The van der Waals surface area contributed by atoms with Gasteiger partial charge in [-0.05, 0) is 78.9 Å². The Balaban J connectivity index is 1.47. The fourth-order valence-electron chi connectivity index (χ4n) is 8.03. The van der Waals surface area contributed by atoms with Crippen molar-refractivity contribution < 1.29 is 38.2 Å². The third-order valence-electron chi connectivity index (χ3n) is 9.91. The van der Waals surface area contributed by atoms with Crippen molar-refractivity contribution in [2.45, 2.75) is 24.2 Å². The van der Waals surface area contributed by atoms with E-state index >= 15 is 4.79 Å². The molecule has 3 fully saturated rings. The largest absolute Gasteiger partial charge is 0.508 e. The van der Waals surface area contributed by atoms with Crippen LogP contribution in [-0.2, 0) is 29.3 Å². The number of halogens is 3. The molecule has 3 aromatic rings. The predicted molar refractivity (Wildman–Crippen MR) is 169 cm³/mol. The Labute approximate surface area is 281 Å². The van der Waals surface area contributed by atoms with Crippen molar-refractivity contribution in [2.24, 2.45) is 23.7 Å². The molecule has 240 valence electrons. The van der Waals surface area contributed by atoms with Crippen molar-refractivity contribution in [1.82, 2.24) is 9.91 Å². The van der Waals surface area contributed by atoms with Crippen LogP contribution < -0.4 is 5.43 Å². The fourth-order valence-corrected chi connectivity index (χ4v) is 8.53. The molecule has 0 bridgehead atoms. The number of hydrogen-bond acceptors (Lipinski definition) is 8. The number of imide groups is 4. The number of hydrogen-bond donors (Lipinski definition) is 2. The van der Waals surface area contributed by atoms with Crippen LogP contribution in [0.1, 0.15) is 29.9 Å². The van der Waals surface area contributed by atoms with Crippen LogP contribution in [0.4, 0.5) is 14.9 Å². The van der Waals surface area contributed by atoms with Crippen LogP contribution in [-0.4, -0.2) is 51.8 Å². The number of methoxy groups -OCH3 is 1. The lowest BCUT2D eigenvalue weighted by atomic mass is 9.49. The standard InChI is InChI=1S/C34H26BrClFN3O7/c1-47-33(46)39-29(42)22-12-11-21-23(27(22)31(39)44)15-25-30(43)40(38-20-9-7-19(37)8-10-20)32(45)34(25,16-2-5-18(36)6-3-16)28(21)24-14-17(35)4-13-26(24)41/h2-11,13-14,22-23,25,27-28,38,41H,12,15H2,1H3/t22-,23+,25-,27-,28+,34+/m0/s1. The summed E-state index contributed by atoms with van der Waals surface area (Å²) in [5.41, 5.74) is 2.84. The Morgan fingerprint density at radius 1 is 1.00 bits per heavy atom. The van der Waals surface area contributed by atoms with Crippen LogP contribution in [0.15, 0.2) is 82.9 Å². The van der Waals surface area contributed by atoms with Gasteiger partial charge >= 0.3 is 6.09 Å². The number of allylic oxidation sites excluding steroid dienone is 2. The number of amides is 5. The van der Waals surface area contributed by atoms with E-state index in [9.17, 15) is 28.7 Å². The number of phenols is 1. The van der Waals surface area contributed by atoms with Crippen LogP contribution in [0, 0.1) is 29.5 Å². The van der Waals surface area contributed by atoms with E-state index in [1.54, 1.807) is 42.5 Å². The summed E-state index contributed by atoms with van der Waals surface area (Å²) in [6, 6.07) is 16.5. The number of carbonyl (C=O) groups excluding carboxylic acids is 5. The zero-order valence-electron chi connectivity index (χ0n) is 24.7. The molecule has 2 aliphatic carbocycles. The molecule has 5 amide bonds. The molecule has 0 spiro atoms. The van der Waals surface area contributed by atoms with Gasteiger partial charge in [0.05, 0.1) is 36.0 Å². The summed E-state index contributed by atoms with van der Waals surface area (Å²) in [5, 5.41) is 12.7. The minimum atomic E-state index is -1.66. The highest BCUT2D eigenvalue weighted by molar-refractivity contribution is 9.10. The Morgan fingerprint density at radius 2 is 1.70 bits per heavy atom. The third kappa shape index (κ3) is 4.52. The lowest BCUT2D eigenvalue weighted by Gasteiger charge is -2.50. The molecule has 6 atom stereocenters. The van der Waals surface area contributed by atoms with Crippen molar-refractivity contribution in [1.29, 1.82) is 0 Å². The second-order valence-corrected chi connectivity index (χ2v) is 13.4. The van der Waals surface area contributed by atoms with Crippen molar-refractivity contribution in [3.8, 4) is 5.75 Å². The van der Waals surface area contributed by atoms with Crippen molar-refractivity contribution in [3.63, 3.8) is 0 Å². The molecule has 2 saturated heterocycles. The van der Waals surface area contributed by atoms with Gasteiger partial charge in [-0.3, -0.25) is 24.6 Å². The second-order valence-electron chi connectivity index (χ2n) is 12.1. The summed E-state index contributed by atoms with van der Waals surface area (Å²) >= 11 is 9.76. The average molecular weight is 723 g/mol. The molecule has 3 aromatic carbocycles. The first-order valence-electron chi connectivity index (χ1n) is 14.8. The molecule has 47 heavy (non-hydrogen) atoms. The highest BCUT2D eigenvalue weighted by atomic mass is 79.9. The minimum Gasteiger partial charge on any atom is -0.508 e. The van der Waals surface area contributed by atoms with Crippen LogP contribution in [0.25, 0.3) is 0 Å². The Hall–Kier alpha value is -4.55. The van der Waals surface area contributed by atoms with Crippen LogP contribution >= 0.6 is 27.5 Å². The van der Waals surface area contributed by atoms with E-state index in [4.69, 9.17) is 16.3 Å². The number of nitrogens with zero attached hydrogens (tertiary/aromatic N) is 2. The molecule has 1 saturated carbocycles. The number of likely N-dealkylation sites (tertiary alicyclic amines) is 1. The molecular weight excluding hydrogens is 697 g/mol. The zero-order valence-corrected chi connectivity index (χ0v) is 27.0. The Morgan fingerprint density at radius 3 is 2.38 bits per heavy atom. The van der Waals surface area contributed by atoms with Crippen LogP contribution in [0.5, 0.6) is 5.75 Å². The molecule has 10 nitrogen and oxygen atoms in total. The molecule has 0 aromatic heterocycles. The van der Waals surface area contributed by atoms with E-state index in [2.05, 4.69) is 21.4 Å². The van der Waals surface area contributed by atoms with E-state index in [1.165, 1.54) is 30.3 Å². The van der Waals surface area contributed by atoms with E-state index in [0.29, 0.717) is 31.1 Å². The van der Waals surface area contributed by atoms with E-state index in [0.717, 1.165) is 12.1 Å². The first kappa shape index (κ1) is 31.1. The van der Waals surface area contributed by atoms with Gasteiger partial charge in [-0.15, -0.1) is 0 Å². The van der Waals surface area contributed by atoms with Crippen molar-refractivity contribution in [2.75, 3.05) is 12.5 Å². The monoisotopic (exact) mass is 721 g/mol. The van der Waals surface area contributed by atoms with Crippen molar-refractivity contribution in [3.05, 3.63) is 105 Å². The molecule has 7 rings (SSSR count). The quantitative estimate of drug-likeness (QED) is 0.259. The average Bonchev–Trinajstić information content (AvgIpc) is 3.44. The minimum absolute atomic E-state index is 0.0267. The third-order valence-corrected chi connectivity index (χ3v) is 10.7. The summed E-state index contributed by atoms with van der Waals surface area (Å²) in [6.45, 7) is 0. The number of ether oxygens (including phenoxy) is 1. The summed E-state index contributed by atoms with van der Waals surface area (Å²) < 4.78 is 19.1. The van der Waals surface area contributed by atoms with E-state index in [1.807, 2.05) is 0 Å². The number of aromatic hydroxyl groups is 1. The number of phenolic OH excluding ortho intramolecular Hbond substituents is 1. The van der Waals surface area contributed by atoms with Gasteiger partial charge in [0.15, 0.2) is 0 Å². The molecule has 2 aliphatic heterocycles. The number of nitrogens with one attached hydrogen (secondary N) is 1. The maximum absolute atomic E-state index is 15.0. The Kier molecular flexibility index (Phi) is 7.47. The SMILES string of the molecule is COC(=O)N1C(=O)[C@H]2[C@H](CC=C3[C@H]2C[C@H]2C(=O)N(Nc4ccc(F)cc4)C(=O)[C@@]2(c2ccc(Cl)cc2)[C@H]3c2cc(Br)ccc2O)C1=O. The summed E-state index contributed by atoms with van der Waals surface area (Å²) in [5.74, 6) is -8.08. The number of hydrazine groups is 1. The summed E-state index contributed by atoms with van der Waals surface area (Å²) in [6.07, 6.45) is 0.761. The lowest BCUT2D eigenvalue weighted by molar-refractivity contribution is -0.140. The van der Waals surface area contributed by atoms with E-state index in [-0.39, 0.29) is 24.3 Å². The molecule has 0 unspecified atom stereocenters. The Bertz CT molecular complexity index is 1900. The summed E-state index contributed by atoms with van der Waals surface area (Å²) in [7, 11) is 1.08. The van der Waals surface area contributed by atoms with Gasteiger partial charge < -0.3 is 9.84 Å². The molecular formula is C34H26BrClFN3O7. The number of benzene rings is 3. The van der Waals surface area contributed by atoms with Gasteiger partial charge in [0.2, 0.25) is 11.8 Å². The first-order valence-corrected chi connectivity index (χ1v) is 16.0. The highest BCUT2D eigenvalue weighted by Gasteiger charge is 2.71. The highest BCUT2D eigenvalue weighted by Crippen LogP contribution is 2.65. The maximum Gasteiger partial charge on any atom is 0.423 e. The zero-order chi connectivity index (χ0) is 33.4. The summed E-state index contributed by atoms with van der Waals surface area (Å²) in [4.78, 5) is 69.8. The normalized spacial score (nSPS) is 28.1. The van der Waals surface area contributed by atoms with Gasteiger partial charge in [0, 0.05) is 21.0 Å². The van der Waals surface area contributed by atoms with Gasteiger partial charge in [0.25, 0.3) is 11.8 Å². The van der Waals surface area contributed by atoms with E-state index < -0.39 is 70.5 Å². The van der Waals surface area contributed by atoms with Crippen LogP contribution in [0.2, 0.25) is 5.02 Å². The number of rotatable bonds is 4. The number of carbonyl (C=O) groups is 5. The first-order chi connectivity index (χ1) is 22.5. The topological polar surface area (TPSA) is 133 Å². The molecule has 2 N–H and O–H groups in total. The molecule has 13 heteroatoms. The van der Waals surface area contributed by atoms with Gasteiger partial charge in [-0.1, -0.05) is 51.3 Å². The maximum atomic E-state index is 15.0. The molecule has 0 radical (unpaired) electrons. The number of anilines is 1. The predicted octanol–water partition coefficient (Wildman–Crippen LogP) is 5.70. The molecule has 4 aliphatic rings. The second kappa shape index (κ2) is 11.3. The molecule has 2 heterocycles. The number of fused-ring (bicyclic) bond motifs is 4. The van der Waals surface area contributed by atoms with Gasteiger partial charge in [-0.25, -0.2) is 9.18 Å². The van der Waals surface area contributed by atoms with Gasteiger partial charge in [-0.2, -0.15) is 9.91 Å². The fraction of sp³-hybridized carbons (Fsp3) is 0.265. The lowest BCUT2D eigenvalue weighted by Crippen LogP contribution is -2.53.